The second-order valence-electron chi connectivity index (χ2n) is 5.32. The molecule has 2 aromatic carbocycles. The number of methoxy groups -OCH3 is 1. The van der Waals surface area contributed by atoms with Crippen LogP contribution >= 0.6 is 0 Å². The number of H-pyrrole nitrogens is 1. The Morgan fingerprint density at radius 2 is 1.84 bits per heavy atom. The maximum atomic E-state index is 5.79. The topological polar surface area (TPSA) is 85.8 Å². The van der Waals surface area contributed by atoms with Gasteiger partial charge in [0.1, 0.15) is 18.7 Å². The molecule has 2 aromatic heterocycles. The van der Waals surface area contributed by atoms with Crippen LogP contribution in [0.5, 0.6) is 11.6 Å². The monoisotopic (exact) mass is 333 g/mol. The second-order valence-corrected chi connectivity index (χ2v) is 5.32. The summed E-state index contributed by atoms with van der Waals surface area (Å²) in [7, 11) is 1.63. The van der Waals surface area contributed by atoms with E-state index >= 15 is 0 Å². The van der Waals surface area contributed by atoms with Crippen LogP contribution in [0, 0.1) is 0 Å². The van der Waals surface area contributed by atoms with Crippen molar-refractivity contribution in [3.8, 4) is 23.0 Å². The zero-order chi connectivity index (χ0) is 17.1. The van der Waals surface area contributed by atoms with Crippen LogP contribution in [0.15, 0.2) is 54.9 Å². The van der Waals surface area contributed by atoms with Crippen LogP contribution in [0.3, 0.4) is 0 Å². The lowest BCUT2D eigenvalue weighted by Crippen LogP contribution is -2.00. The molecular weight excluding hydrogens is 318 g/mol. The fourth-order valence-electron chi connectivity index (χ4n) is 2.46. The number of hydrogen-bond acceptors (Lipinski definition) is 6. The molecule has 25 heavy (non-hydrogen) atoms. The number of hydrogen-bond donors (Lipinski definition) is 1. The summed E-state index contributed by atoms with van der Waals surface area (Å²) in [5.41, 5.74) is 1.74. The molecule has 0 unspecified atom stereocenters. The highest BCUT2D eigenvalue weighted by atomic mass is 16.5. The molecule has 0 spiro atoms. The molecule has 0 saturated heterocycles. The molecule has 0 aliphatic carbocycles. The Bertz CT molecular complexity index is 992. The van der Waals surface area contributed by atoms with E-state index in [4.69, 9.17) is 9.47 Å². The number of fused-ring (bicyclic) bond motifs is 1. The standard InChI is InChI=1S/C18H15N5O2/c1-24-13-8-6-12(7-9-13)17-21-16(22-23-17)10-25-18-14-4-2-3-5-15(14)19-11-20-18/h2-9,11H,10H2,1H3,(H,21,22,23). The van der Waals surface area contributed by atoms with E-state index in [2.05, 4.69) is 25.1 Å². The van der Waals surface area contributed by atoms with Gasteiger partial charge in [-0.2, -0.15) is 5.10 Å². The third-order valence-corrected chi connectivity index (χ3v) is 3.73. The number of para-hydroxylation sites is 1. The number of nitrogens with zero attached hydrogens (tertiary/aromatic N) is 4. The number of benzene rings is 2. The smallest absolute Gasteiger partial charge is 0.224 e. The van der Waals surface area contributed by atoms with Gasteiger partial charge in [-0.25, -0.2) is 15.0 Å². The normalized spacial score (nSPS) is 10.8. The molecule has 7 nitrogen and oxygen atoms in total. The molecule has 0 saturated carbocycles. The number of ether oxygens (including phenoxy) is 2. The Kier molecular flexibility index (Phi) is 3.96. The lowest BCUT2D eigenvalue weighted by atomic mass is 10.2. The molecule has 124 valence electrons. The fourth-order valence-corrected chi connectivity index (χ4v) is 2.46. The van der Waals surface area contributed by atoms with Gasteiger partial charge >= 0.3 is 0 Å². The van der Waals surface area contributed by atoms with Gasteiger partial charge in [0.05, 0.1) is 18.0 Å². The minimum Gasteiger partial charge on any atom is -0.497 e. The highest BCUT2D eigenvalue weighted by Gasteiger charge is 2.09. The van der Waals surface area contributed by atoms with Gasteiger partial charge in [-0.3, -0.25) is 5.10 Å². The van der Waals surface area contributed by atoms with Crippen molar-refractivity contribution in [1.82, 2.24) is 25.1 Å². The Morgan fingerprint density at radius 3 is 2.68 bits per heavy atom. The molecule has 0 fully saturated rings. The summed E-state index contributed by atoms with van der Waals surface area (Å²) in [5, 5.41) is 7.98. The number of nitrogens with one attached hydrogen (secondary N) is 1. The molecule has 0 amide bonds. The van der Waals surface area contributed by atoms with Gasteiger partial charge in [-0.15, -0.1) is 0 Å². The van der Waals surface area contributed by atoms with Crippen LogP contribution in [0.25, 0.3) is 22.3 Å². The highest BCUT2D eigenvalue weighted by molar-refractivity contribution is 5.82. The first-order valence-corrected chi connectivity index (χ1v) is 7.72. The minimum absolute atomic E-state index is 0.240. The maximum absolute atomic E-state index is 5.79. The molecule has 4 aromatic rings. The molecule has 7 heteroatoms. The van der Waals surface area contributed by atoms with E-state index in [9.17, 15) is 0 Å². The zero-order valence-electron chi connectivity index (χ0n) is 13.5. The highest BCUT2D eigenvalue weighted by Crippen LogP contribution is 2.22. The molecular formula is C18H15N5O2. The summed E-state index contributed by atoms with van der Waals surface area (Å²) in [6, 6.07) is 15.2. The predicted octanol–water partition coefficient (Wildman–Crippen LogP) is 3.00. The van der Waals surface area contributed by atoms with E-state index in [1.54, 1.807) is 7.11 Å². The quantitative estimate of drug-likeness (QED) is 0.604. The largest absolute Gasteiger partial charge is 0.497 e. The summed E-state index contributed by atoms with van der Waals surface area (Å²) < 4.78 is 10.9. The molecule has 0 aliphatic rings. The summed E-state index contributed by atoms with van der Waals surface area (Å²) >= 11 is 0. The third-order valence-electron chi connectivity index (χ3n) is 3.73. The van der Waals surface area contributed by atoms with Crippen molar-refractivity contribution in [3.05, 3.63) is 60.7 Å². The van der Waals surface area contributed by atoms with Crippen molar-refractivity contribution in [2.24, 2.45) is 0 Å². The average Bonchev–Trinajstić information content (AvgIpc) is 3.15. The van der Waals surface area contributed by atoms with Crippen molar-refractivity contribution in [2.75, 3.05) is 7.11 Å². The number of rotatable bonds is 5. The van der Waals surface area contributed by atoms with Crippen LogP contribution in [-0.4, -0.2) is 32.3 Å². The Morgan fingerprint density at radius 1 is 1.00 bits per heavy atom. The van der Waals surface area contributed by atoms with Gasteiger partial charge < -0.3 is 9.47 Å². The van der Waals surface area contributed by atoms with Crippen molar-refractivity contribution in [3.63, 3.8) is 0 Å². The van der Waals surface area contributed by atoms with Gasteiger partial charge in [0.25, 0.3) is 0 Å². The van der Waals surface area contributed by atoms with Crippen LogP contribution in [0.1, 0.15) is 5.82 Å². The summed E-state index contributed by atoms with van der Waals surface area (Å²) in [4.78, 5) is 12.9. The summed E-state index contributed by atoms with van der Waals surface area (Å²) in [5.74, 6) is 2.54. The van der Waals surface area contributed by atoms with Crippen molar-refractivity contribution in [1.29, 1.82) is 0 Å². The average molecular weight is 333 g/mol. The Balaban J connectivity index is 1.51. The van der Waals surface area contributed by atoms with E-state index < -0.39 is 0 Å². The zero-order valence-corrected chi connectivity index (χ0v) is 13.5. The van der Waals surface area contributed by atoms with Gasteiger partial charge in [-0.1, -0.05) is 12.1 Å². The number of aromatic amines is 1. The summed E-state index contributed by atoms with van der Waals surface area (Å²) in [6.07, 6.45) is 1.49. The molecule has 0 radical (unpaired) electrons. The first-order valence-electron chi connectivity index (χ1n) is 7.72. The van der Waals surface area contributed by atoms with Gasteiger partial charge in [0.2, 0.25) is 5.88 Å². The Labute approximate surface area is 143 Å². The SMILES string of the molecule is COc1ccc(-c2n[nH]c(COc3ncnc4ccccc34)n2)cc1. The van der Waals surface area contributed by atoms with Crippen molar-refractivity contribution in [2.45, 2.75) is 6.61 Å². The first-order chi connectivity index (χ1) is 12.3. The second kappa shape index (κ2) is 6.56. The van der Waals surface area contributed by atoms with Crippen molar-refractivity contribution >= 4 is 10.9 Å². The van der Waals surface area contributed by atoms with Gasteiger partial charge in [0.15, 0.2) is 11.6 Å². The van der Waals surface area contributed by atoms with E-state index in [0.717, 1.165) is 22.2 Å². The summed E-state index contributed by atoms with van der Waals surface area (Å²) in [6.45, 7) is 0.240. The van der Waals surface area contributed by atoms with E-state index in [1.165, 1.54) is 6.33 Å². The van der Waals surface area contributed by atoms with Gasteiger partial charge in [0, 0.05) is 5.56 Å². The molecule has 1 N–H and O–H groups in total. The fraction of sp³-hybridized carbons (Fsp3) is 0.111. The molecule has 2 heterocycles. The molecule has 0 atom stereocenters. The van der Waals surface area contributed by atoms with Gasteiger partial charge in [-0.05, 0) is 36.4 Å². The third kappa shape index (κ3) is 3.12. The minimum atomic E-state index is 0.240. The number of aromatic nitrogens is 5. The van der Waals surface area contributed by atoms with E-state index in [1.807, 2.05) is 48.5 Å². The van der Waals surface area contributed by atoms with Crippen LogP contribution in [-0.2, 0) is 6.61 Å². The molecule has 0 aliphatic heterocycles. The van der Waals surface area contributed by atoms with Crippen LogP contribution in [0.2, 0.25) is 0 Å². The van der Waals surface area contributed by atoms with Crippen LogP contribution < -0.4 is 9.47 Å². The van der Waals surface area contributed by atoms with E-state index in [0.29, 0.717) is 17.5 Å². The molecule has 0 bridgehead atoms. The lowest BCUT2D eigenvalue weighted by molar-refractivity contribution is 0.288. The predicted molar refractivity (Wildman–Crippen MR) is 92.2 cm³/mol. The Hall–Kier alpha value is -3.48. The maximum Gasteiger partial charge on any atom is 0.224 e. The van der Waals surface area contributed by atoms with Crippen molar-refractivity contribution < 1.29 is 9.47 Å². The van der Waals surface area contributed by atoms with Crippen LogP contribution in [0.4, 0.5) is 0 Å². The molecule has 4 rings (SSSR count). The first kappa shape index (κ1) is 15.1. The lowest BCUT2D eigenvalue weighted by Gasteiger charge is -2.05. The van der Waals surface area contributed by atoms with E-state index in [-0.39, 0.29) is 6.61 Å².